The van der Waals surface area contributed by atoms with Crippen LogP contribution in [0.3, 0.4) is 0 Å². The van der Waals surface area contributed by atoms with Crippen LogP contribution in [0.25, 0.3) is 16.6 Å². The molecule has 0 saturated carbocycles. The summed E-state index contributed by atoms with van der Waals surface area (Å²) in [5.74, 6) is 0.939. The molecule has 0 aliphatic rings. The molecular formula is C20H19N5O3. The molecule has 0 aliphatic carbocycles. The lowest BCUT2D eigenvalue weighted by atomic mass is 10.2. The Balaban J connectivity index is 1.48. The molecule has 4 aromatic rings. The second-order valence-electron chi connectivity index (χ2n) is 6.32. The van der Waals surface area contributed by atoms with Crippen LogP contribution >= 0.6 is 0 Å². The number of nitrogens with zero attached hydrogens (tertiary/aromatic N) is 4. The van der Waals surface area contributed by atoms with E-state index in [4.69, 9.17) is 4.74 Å². The molecule has 4 heterocycles. The van der Waals surface area contributed by atoms with Crippen molar-refractivity contribution in [2.75, 3.05) is 12.4 Å². The van der Waals surface area contributed by atoms with Crippen LogP contribution in [0.2, 0.25) is 0 Å². The predicted molar refractivity (Wildman–Crippen MR) is 106 cm³/mol. The summed E-state index contributed by atoms with van der Waals surface area (Å²) in [5.41, 5.74) is 2.16. The van der Waals surface area contributed by atoms with Gasteiger partial charge in [-0.1, -0.05) is 0 Å². The number of ether oxygens (including phenoxy) is 1. The first-order valence-electron chi connectivity index (χ1n) is 8.91. The van der Waals surface area contributed by atoms with E-state index in [0.29, 0.717) is 30.0 Å². The van der Waals surface area contributed by atoms with Gasteiger partial charge in [0.15, 0.2) is 0 Å². The molecule has 0 aliphatic heterocycles. The van der Waals surface area contributed by atoms with Gasteiger partial charge >= 0.3 is 0 Å². The van der Waals surface area contributed by atoms with Crippen LogP contribution in [0.1, 0.15) is 12.8 Å². The van der Waals surface area contributed by atoms with Crippen LogP contribution < -0.4 is 15.6 Å². The fourth-order valence-corrected chi connectivity index (χ4v) is 3.21. The molecule has 0 bridgehead atoms. The molecule has 0 atom stereocenters. The van der Waals surface area contributed by atoms with Crippen molar-refractivity contribution in [3.8, 4) is 5.75 Å². The molecule has 0 fully saturated rings. The largest absolute Gasteiger partial charge is 0.495 e. The molecule has 0 unspecified atom stereocenters. The van der Waals surface area contributed by atoms with Gasteiger partial charge in [-0.25, -0.2) is 4.98 Å². The van der Waals surface area contributed by atoms with Gasteiger partial charge in [0.05, 0.1) is 30.5 Å². The summed E-state index contributed by atoms with van der Waals surface area (Å²) < 4.78 is 8.58. The lowest BCUT2D eigenvalue weighted by molar-refractivity contribution is -0.116. The predicted octanol–water partition coefficient (Wildman–Crippen LogP) is 2.47. The van der Waals surface area contributed by atoms with Gasteiger partial charge in [-0.05, 0) is 36.8 Å². The van der Waals surface area contributed by atoms with E-state index >= 15 is 0 Å². The van der Waals surface area contributed by atoms with E-state index in [9.17, 15) is 9.59 Å². The van der Waals surface area contributed by atoms with Crippen molar-refractivity contribution in [3.05, 3.63) is 65.5 Å². The zero-order chi connectivity index (χ0) is 19.5. The third-order valence-electron chi connectivity index (χ3n) is 4.57. The third kappa shape index (κ3) is 3.32. The molecule has 0 radical (unpaired) electrons. The summed E-state index contributed by atoms with van der Waals surface area (Å²) in [6.45, 7) is 0.435. The van der Waals surface area contributed by atoms with Gasteiger partial charge in [0.25, 0.3) is 5.56 Å². The number of aromatic nitrogens is 4. The Morgan fingerprint density at radius 1 is 1.14 bits per heavy atom. The van der Waals surface area contributed by atoms with Gasteiger partial charge < -0.3 is 19.0 Å². The summed E-state index contributed by atoms with van der Waals surface area (Å²) in [5, 5.41) is 2.75. The lowest BCUT2D eigenvalue weighted by Crippen LogP contribution is -2.23. The van der Waals surface area contributed by atoms with Crippen LogP contribution in [0.4, 0.5) is 5.82 Å². The number of carbonyl (C=O) groups excluding carboxylic acids is 1. The Hall–Kier alpha value is -3.68. The number of hydrogen-bond donors (Lipinski definition) is 1. The number of rotatable bonds is 6. The first-order valence-corrected chi connectivity index (χ1v) is 8.91. The minimum Gasteiger partial charge on any atom is -0.495 e. The maximum atomic E-state index is 12.8. The van der Waals surface area contributed by atoms with E-state index in [1.807, 2.05) is 22.7 Å². The van der Waals surface area contributed by atoms with Gasteiger partial charge in [0, 0.05) is 25.4 Å². The highest BCUT2D eigenvalue weighted by Gasteiger charge is 2.11. The number of anilines is 1. The molecular weight excluding hydrogens is 358 g/mol. The fourth-order valence-electron chi connectivity index (χ4n) is 3.21. The number of pyridine rings is 2. The van der Waals surface area contributed by atoms with Crippen molar-refractivity contribution in [1.82, 2.24) is 18.9 Å². The molecule has 8 heteroatoms. The van der Waals surface area contributed by atoms with E-state index in [1.165, 1.54) is 0 Å². The Morgan fingerprint density at radius 2 is 2.04 bits per heavy atom. The highest BCUT2D eigenvalue weighted by atomic mass is 16.5. The van der Waals surface area contributed by atoms with Crippen molar-refractivity contribution in [2.24, 2.45) is 0 Å². The Labute approximate surface area is 160 Å². The zero-order valence-electron chi connectivity index (χ0n) is 15.3. The SMILES string of the molecule is COc1ccc(NC(=O)CCCn2c(=O)c3cccn3c3cnccc32)nc1. The van der Waals surface area contributed by atoms with Crippen LogP contribution in [-0.4, -0.2) is 32.0 Å². The number of hydrogen-bond acceptors (Lipinski definition) is 5. The van der Waals surface area contributed by atoms with Crippen molar-refractivity contribution in [2.45, 2.75) is 19.4 Å². The van der Waals surface area contributed by atoms with Crippen LogP contribution in [0, 0.1) is 0 Å². The van der Waals surface area contributed by atoms with Gasteiger partial charge in [-0.3, -0.25) is 14.6 Å². The van der Waals surface area contributed by atoms with E-state index in [1.54, 1.807) is 48.5 Å². The fraction of sp³-hybridized carbons (Fsp3) is 0.200. The Morgan fingerprint density at radius 3 is 2.82 bits per heavy atom. The summed E-state index contributed by atoms with van der Waals surface area (Å²) >= 11 is 0. The number of methoxy groups -OCH3 is 1. The maximum absolute atomic E-state index is 12.8. The van der Waals surface area contributed by atoms with Crippen molar-refractivity contribution >= 4 is 28.3 Å². The molecule has 8 nitrogen and oxygen atoms in total. The summed E-state index contributed by atoms with van der Waals surface area (Å²) in [7, 11) is 1.56. The monoisotopic (exact) mass is 377 g/mol. The van der Waals surface area contributed by atoms with Gasteiger partial charge in [0.2, 0.25) is 5.91 Å². The van der Waals surface area contributed by atoms with E-state index in [0.717, 1.165) is 11.0 Å². The summed E-state index contributed by atoms with van der Waals surface area (Å²) in [6, 6.07) is 8.85. The molecule has 0 spiro atoms. The standard InChI is InChI=1S/C20H19N5O3/c1-28-14-6-7-18(22-12-14)23-19(26)5-3-11-25-15-8-9-21-13-17(15)24-10-2-4-16(24)20(25)27/h2,4,6-10,12-13H,3,5,11H2,1H3,(H,22,23,26). The molecule has 28 heavy (non-hydrogen) atoms. The quantitative estimate of drug-likeness (QED) is 0.557. The van der Waals surface area contributed by atoms with Crippen LogP contribution in [0.15, 0.2) is 59.9 Å². The highest BCUT2D eigenvalue weighted by Crippen LogP contribution is 2.15. The number of fused-ring (bicyclic) bond motifs is 3. The lowest BCUT2D eigenvalue weighted by Gasteiger charge is -2.12. The molecule has 0 aromatic carbocycles. The smallest absolute Gasteiger partial charge is 0.275 e. The number of amides is 1. The molecule has 142 valence electrons. The Bertz CT molecular complexity index is 1190. The molecule has 1 amide bonds. The molecule has 1 N–H and O–H groups in total. The van der Waals surface area contributed by atoms with Crippen molar-refractivity contribution in [3.63, 3.8) is 0 Å². The topological polar surface area (TPSA) is 90.5 Å². The van der Waals surface area contributed by atoms with Crippen molar-refractivity contribution < 1.29 is 9.53 Å². The van der Waals surface area contributed by atoms with E-state index in [2.05, 4.69) is 15.3 Å². The van der Waals surface area contributed by atoms with Gasteiger partial charge in [-0.15, -0.1) is 0 Å². The van der Waals surface area contributed by atoms with Gasteiger partial charge in [-0.2, -0.15) is 0 Å². The van der Waals surface area contributed by atoms with Gasteiger partial charge in [0.1, 0.15) is 17.1 Å². The maximum Gasteiger partial charge on any atom is 0.275 e. The first-order chi connectivity index (χ1) is 13.7. The van der Waals surface area contributed by atoms with Crippen LogP contribution in [0.5, 0.6) is 5.75 Å². The zero-order valence-corrected chi connectivity index (χ0v) is 15.3. The molecule has 4 rings (SSSR count). The number of carbonyl (C=O) groups is 1. The average molecular weight is 377 g/mol. The normalized spacial score (nSPS) is 11.0. The minimum absolute atomic E-state index is 0.0825. The Kier molecular flexibility index (Phi) is 4.76. The summed E-state index contributed by atoms with van der Waals surface area (Å²) in [4.78, 5) is 33.3. The highest BCUT2D eigenvalue weighted by molar-refractivity contribution is 5.89. The van der Waals surface area contributed by atoms with E-state index < -0.39 is 0 Å². The number of aryl methyl sites for hydroxylation is 1. The van der Waals surface area contributed by atoms with Crippen molar-refractivity contribution in [1.29, 1.82) is 0 Å². The molecule has 0 saturated heterocycles. The summed E-state index contributed by atoms with van der Waals surface area (Å²) in [6.07, 6.45) is 7.59. The van der Waals surface area contributed by atoms with E-state index in [-0.39, 0.29) is 17.9 Å². The molecule has 4 aromatic heterocycles. The van der Waals surface area contributed by atoms with Crippen LogP contribution in [-0.2, 0) is 11.3 Å². The first kappa shape index (κ1) is 17.7. The minimum atomic E-state index is -0.152. The second-order valence-corrected chi connectivity index (χ2v) is 6.32. The second kappa shape index (κ2) is 7.51. The number of nitrogens with one attached hydrogen (secondary N) is 1. The third-order valence-corrected chi connectivity index (χ3v) is 4.57. The average Bonchev–Trinajstić information content (AvgIpc) is 3.21.